The van der Waals surface area contributed by atoms with Gasteiger partial charge in [-0.15, -0.1) is 0 Å². The van der Waals surface area contributed by atoms with Crippen LogP contribution in [0.4, 0.5) is 17.3 Å². The molecule has 0 aromatic carbocycles. The topological polar surface area (TPSA) is 118 Å². The van der Waals surface area contributed by atoms with Gasteiger partial charge in [0.05, 0.1) is 11.0 Å². The zero-order valence-electron chi connectivity index (χ0n) is 9.11. The second-order valence-electron chi connectivity index (χ2n) is 3.91. The second-order valence-corrected chi connectivity index (χ2v) is 3.91. The van der Waals surface area contributed by atoms with Crippen LogP contribution >= 0.6 is 0 Å². The Balaban J connectivity index is 2.32. The van der Waals surface area contributed by atoms with Crippen LogP contribution in [0.1, 0.15) is 12.8 Å². The number of aliphatic hydroxyl groups excluding tert-OH is 1. The van der Waals surface area contributed by atoms with Crippen molar-refractivity contribution in [2.45, 2.75) is 18.9 Å². The molecule has 2 heterocycles. The molecule has 0 unspecified atom stereocenters. The fourth-order valence-electron chi connectivity index (χ4n) is 1.87. The molecule has 0 radical (unpaired) electrons. The summed E-state index contributed by atoms with van der Waals surface area (Å²) in [5, 5.41) is 20.3. The van der Waals surface area contributed by atoms with Crippen molar-refractivity contribution < 1.29 is 10.0 Å². The number of hydrogen-bond donors (Lipinski definition) is 2. The van der Waals surface area contributed by atoms with E-state index in [1.807, 2.05) is 0 Å². The minimum Gasteiger partial charge on any atom is -0.393 e. The summed E-state index contributed by atoms with van der Waals surface area (Å²) in [5.74, 6) is 0.0977. The first-order valence-corrected chi connectivity index (χ1v) is 5.27. The van der Waals surface area contributed by atoms with Gasteiger partial charge in [-0.3, -0.25) is 10.1 Å². The molecule has 1 fully saturated rings. The lowest BCUT2D eigenvalue weighted by atomic mass is 10.1. The summed E-state index contributed by atoms with van der Waals surface area (Å²) in [4.78, 5) is 19.6. The van der Waals surface area contributed by atoms with E-state index in [1.165, 1.54) is 6.33 Å². The van der Waals surface area contributed by atoms with Crippen molar-refractivity contribution in [2.75, 3.05) is 23.7 Å². The van der Waals surface area contributed by atoms with Gasteiger partial charge in [0, 0.05) is 13.1 Å². The Bertz CT molecular complexity index is 431. The summed E-state index contributed by atoms with van der Waals surface area (Å²) in [7, 11) is 0. The highest BCUT2D eigenvalue weighted by Crippen LogP contribution is 2.31. The molecule has 0 aliphatic carbocycles. The Labute approximate surface area is 97.2 Å². The minimum atomic E-state index is -0.574. The van der Waals surface area contributed by atoms with Gasteiger partial charge < -0.3 is 15.7 Å². The van der Waals surface area contributed by atoms with E-state index < -0.39 is 4.92 Å². The van der Waals surface area contributed by atoms with Gasteiger partial charge in [0.25, 0.3) is 0 Å². The number of aliphatic hydroxyl groups is 1. The molecule has 0 atom stereocenters. The maximum Gasteiger partial charge on any atom is 0.353 e. The van der Waals surface area contributed by atoms with Gasteiger partial charge in [-0.05, 0) is 12.8 Å². The van der Waals surface area contributed by atoms with Crippen LogP contribution in [-0.2, 0) is 0 Å². The first kappa shape index (κ1) is 11.5. The van der Waals surface area contributed by atoms with Crippen molar-refractivity contribution in [1.82, 2.24) is 9.97 Å². The second kappa shape index (κ2) is 4.50. The first-order chi connectivity index (χ1) is 8.09. The summed E-state index contributed by atoms with van der Waals surface area (Å²) in [6.07, 6.45) is 2.01. The quantitative estimate of drug-likeness (QED) is 0.547. The van der Waals surface area contributed by atoms with Crippen molar-refractivity contribution in [3.05, 3.63) is 16.4 Å². The number of hydrogen-bond acceptors (Lipinski definition) is 7. The number of rotatable bonds is 2. The van der Waals surface area contributed by atoms with Crippen LogP contribution in [0.25, 0.3) is 0 Å². The third kappa shape index (κ3) is 2.26. The van der Waals surface area contributed by atoms with Gasteiger partial charge in [-0.25, -0.2) is 9.97 Å². The van der Waals surface area contributed by atoms with E-state index in [-0.39, 0.29) is 23.4 Å². The largest absolute Gasteiger partial charge is 0.393 e. The van der Waals surface area contributed by atoms with Crippen LogP contribution in [-0.4, -0.2) is 39.2 Å². The zero-order chi connectivity index (χ0) is 12.4. The predicted molar refractivity (Wildman–Crippen MR) is 60.6 cm³/mol. The molecule has 0 saturated carbocycles. The summed E-state index contributed by atoms with van der Waals surface area (Å²) in [5.41, 5.74) is 5.23. The molecule has 92 valence electrons. The predicted octanol–water partition coefficient (Wildman–Crippen LogP) is -0.0719. The highest BCUT2D eigenvalue weighted by molar-refractivity contribution is 5.68. The number of piperidine rings is 1. The molecule has 0 amide bonds. The average molecular weight is 239 g/mol. The first-order valence-electron chi connectivity index (χ1n) is 5.27. The maximum absolute atomic E-state index is 10.9. The van der Waals surface area contributed by atoms with Crippen molar-refractivity contribution in [2.24, 2.45) is 0 Å². The average Bonchev–Trinajstić information content (AvgIpc) is 2.29. The van der Waals surface area contributed by atoms with E-state index in [0.717, 1.165) is 0 Å². The number of anilines is 2. The third-order valence-corrected chi connectivity index (χ3v) is 2.78. The van der Waals surface area contributed by atoms with E-state index in [1.54, 1.807) is 4.90 Å². The minimum absolute atomic E-state index is 0.133. The van der Waals surface area contributed by atoms with Gasteiger partial charge in [-0.1, -0.05) is 0 Å². The SMILES string of the molecule is Nc1ncnc(N2CCC(O)CC2)c1[N+](=O)[O-]. The van der Waals surface area contributed by atoms with Gasteiger partial charge in [0.1, 0.15) is 6.33 Å². The van der Waals surface area contributed by atoms with Crippen LogP contribution in [0.5, 0.6) is 0 Å². The molecule has 2 rings (SSSR count). The molecule has 1 aliphatic heterocycles. The number of nitrogen functional groups attached to an aromatic ring is 1. The van der Waals surface area contributed by atoms with E-state index in [4.69, 9.17) is 5.73 Å². The standard InChI is InChI=1S/C9H13N5O3/c10-8-7(14(16)17)9(12-5-11-8)13-3-1-6(15)2-4-13/h5-6,15H,1-4H2,(H2,10,11,12). The zero-order valence-corrected chi connectivity index (χ0v) is 9.11. The summed E-state index contributed by atoms with van der Waals surface area (Å²) < 4.78 is 0. The lowest BCUT2D eigenvalue weighted by Gasteiger charge is -2.29. The molecule has 8 nitrogen and oxygen atoms in total. The number of nitrogens with zero attached hydrogens (tertiary/aromatic N) is 4. The van der Waals surface area contributed by atoms with Crippen molar-refractivity contribution in [1.29, 1.82) is 0 Å². The molecular weight excluding hydrogens is 226 g/mol. The molecule has 0 spiro atoms. The van der Waals surface area contributed by atoms with E-state index in [2.05, 4.69) is 9.97 Å². The molecule has 8 heteroatoms. The highest BCUT2D eigenvalue weighted by atomic mass is 16.6. The molecular formula is C9H13N5O3. The molecule has 1 saturated heterocycles. The Hall–Kier alpha value is -1.96. The van der Waals surface area contributed by atoms with Crippen molar-refractivity contribution >= 4 is 17.3 Å². The third-order valence-electron chi connectivity index (χ3n) is 2.78. The fraction of sp³-hybridized carbons (Fsp3) is 0.556. The number of nitro groups is 1. The van der Waals surface area contributed by atoms with Crippen LogP contribution < -0.4 is 10.6 Å². The summed E-state index contributed by atoms with van der Waals surface area (Å²) in [6.45, 7) is 1.05. The number of aromatic nitrogens is 2. The summed E-state index contributed by atoms with van der Waals surface area (Å²) in [6, 6.07) is 0. The van der Waals surface area contributed by atoms with E-state index >= 15 is 0 Å². The van der Waals surface area contributed by atoms with Crippen LogP contribution in [0.2, 0.25) is 0 Å². The summed E-state index contributed by atoms with van der Waals surface area (Å²) >= 11 is 0. The normalized spacial score (nSPS) is 17.1. The lowest BCUT2D eigenvalue weighted by molar-refractivity contribution is -0.383. The molecule has 1 aromatic heterocycles. The molecule has 3 N–H and O–H groups in total. The molecule has 0 bridgehead atoms. The monoisotopic (exact) mass is 239 g/mol. The van der Waals surface area contributed by atoms with E-state index in [0.29, 0.717) is 25.9 Å². The Morgan fingerprint density at radius 2 is 2.12 bits per heavy atom. The Morgan fingerprint density at radius 1 is 1.47 bits per heavy atom. The Kier molecular flexibility index (Phi) is 3.05. The van der Waals surface area contributed by atoms with Gasteiger partial charge >= 0.3 is 5.69 Å². The molecule has 17 heavy (non-hydrogen) atoms. The molecule has 1 aromatic rings. The van der Waals surface area contributed by atoms with Gasteiger partial charge in [-0.2, -0.15) is 0 Å². The number of nitrogens with two attached hydrogens (primary N) is 1. The fourth-order valence-corrected chi connectivity index (χ4v) is 1.87. The van der Waals surface area contributed by atoms with Crippen LogP contribution in [0.3, 0.4) is 0 Å². The Morgan fingerprint density at radius 3 is 2.71 bits per heavy atom. The van der Waals surface area contributed by atoms with Crippen LogP contribution in [0, 0.1) is 10.1 Å². The maximum atomic E-state index is 10.9. The van der Waals surface area contributed by atoms with Crippen molar-refractivity contribution in [3.8, 4) is 0 Å². The lowest BCUT2D eigenvalue weighted by Crippen LogP contribution is -2.36. The van der Waals surface area contributed by atoms with Crippen molar-refractivity contribution in [3.63, 3.8) is 0 Å². The highest BCUT2D eigenvalue weighted by Gasteiger charge is 2.28. The van der Waals surface area contributed by atoms with Gasteiger partial charge in [0.2, 0.25) is 11.6 Å². The van der Waals surface area contributed by atoms with Gasteiger partial charge in [0.15, 0.2) is 0 Å². The van der Waals surface area contributed by atoms with E-state index in [9.17, 15) is 15.2 Å². The van der Waals surface area contributed by atoms with Crippen LogP contribution in [0.15, 0.2) is 6.33 Å². The smallest absolute Gasteiger partial charge is 0.353 e. The molecule has 1 aliphatic rings.